The molecule has 11 nitrogen and oxygen atoms in total. The Morgan fingerprint density at radius 2 is 1.68 bits per heavy atom. The molecule has 0 aromatic carbocycles. The van der Waals surface area contributed by atoms with Gasteiger partial charge in [-0.05, 0) is 25.8 Å². The fourth-order valence-electron chi connectivity index (χ4n) is 1.51. The molecule has 0 radical (unpaired) electrons. The number of amides is 2. The summed E-state index contributed by atoms with van der Waals surface area (Å²) in [6, 6.07) is -1.07. The van der Waals surface area contributed by atoms with Crippen LogP contribution in [0.5, 0.6) is 0 Å². The van der Waals surface area contributed by atoms with Gasteiger partial charge in [0.25, 0.3) is 0 Å². The van der Waals surface area contributed by atoms with E-state index >= 15 is 0 Å². The molecule has 0 fully saturated rings. The van der Waals surface area contributed by atoms with Crippen LogP contribution < -0.4 is 16.0 Å². The minimum atomic E-state index is -1.63. The molecule has 0 heterocycles. The number of hydrogen-bond acceptors (Lipinski definition) is 7. The first-order chi connectivity index (χ1) is 10.3. The molecule has 0 aromatic rings. The minimum absolute atomic E-state index is 0.0980. The number of carbonyl (C=O) groups excluding carboxylic acids is 1. The Morgan fingerprint density at radius 1 is 1.00 bits per heavy atom. The van der Waals surface area contributed by atoms with Crippen LogP contribution in [-0.2, 0) is 9.53 Å². The summed E-state index contributed by atoms with van der Waals surface area (Å²) in [6.07, 6.45) is -3.17. The molecule has 7 N–H and O–H groups in total. The SMILES string of the molecule is O=C(O)NCCOC(=O)C(CCCCNC(O)O)NC(=O)O. The third-order valence-electron chi connectivity index (χ3n) is 2.45. The molecule has 0 saturated carbocycles. The highest BCUT2D eigenvalue weighted by molar-refractivity contribution is 5.80. The summed E-state index contributed by atoms with van der Waals surface area (Å²) >= 11 is 0. The van der Waals surface area contributed by atoms with Crippen LogP contribution in [0, 0.1) is 0 Å². The van der Waals surface area contributed by atoms with E-state index in [1.807, 2.05) is 10.6 Å². The lowest BCUT2D eigenvalue weighted by Gasteiger charge is -2.16. The van der Waals surface area contributed by atoms with Crippen molar-refractivity contribution in [1.82, 2.24) is 16.0 Å². The van der Waals surface area contributed by atoms with Crippen LogP contribution in [0.25, 0.3) is 0 Å². The molecule has 0 bridgehead atoms. The standard InChI is InChI=1S/C11H21N3O8/c15-8(22-6-5-13-10(18)19)7(14-11(20)21)3-1-2-4-12-9(16)17/h7,9,12-14,16-17H,1-6H2,(H,18,19)(H,20,21). The first-order valence-electron chi connectivity index (χ1n) is 6.55. The topological polar surface area (TPSA) is 177 Å². The molecule has 1 atom stereocenters. The third-order valence-corrected chi connectivity index (χ3v) is 2.45. The van der Waals surface area contributed by atoms with Gasteiger partial charge in [-0.25, -0.2) is 14.4 Å². The normalized spacial score (nSPS) is 11.8. The molecule has 0 aromatic heterocycles. The van der Waals surface area contributed by atoms with Gasteiger partial charge < -0.3 is 35.8 Å². The van der Waals surface area contributed by atoms with Gasteiger partial charge in [0.05, 0.1) is 6.54 Å². The molecule has 0 rings (SSSR count). The number of nitrogens with one attached hydrogen (secondary N) is 3. The van der Waals surface area contributed by atoms with Crippen molar-refractivity contribution in [3.05, 3.63) is 0 Å². The van der Waals surface area contributed by atoms with E-state index < -0.39 is 30.6 Å². The van der Waals surface area contributed by atoms with Crippen molar-refractivity contribution in [3.8, 4) is 0 Å². The van der Waals surface area contributed by atoms with Crippen LogP contribution in [0.2, 0.25) is 0 Å². The fourth-order valence-corrected chi connectivity index (χ4v) is 1.51. The number of ether oxygens (including phenoxy) is 1. The number of aliphatic hydroxyl groups is 2. The Morgan fingerprint density at radius 3 is 2.23 bits per heavy atom. The second-order valence-corrected chi connectivity index (χ2v) is 4.23. The van der Waals surface area contributed by atoms with E-state index in [-0.39, 0.29) is 26.1 Å². The lowest BCUT2D eigenvalue weighted by atomic mass is 10.1. The van der Waals surface area contributed by atoms with E-state index in [1.165, 1.54) is 0 Å². The zero-order chi connectivity index (χ0) is 17.0. The highest BCUT2D eigenvalue weighted by atomic mass is 16.5. The van der Waals surface area contributed by atoms with Gasteiger partial charge in [0, 0.05) is 0 Å². The van der Waals surface area contributed by atoms with Crippen LogP contribution >= 0.6 is 0 Å². The predicted octanol–water partition coefficient (Wildman–Crippen LogP) is -1.54. The summed E-state index contributed by atoms with van der Waals surface area (Å²) in [5.41, 5.74) is 0. The van der Waals surface area contributed by atoms with E-state index in [0.29, 0.717) is 12.8 Å². The van der Waals surface area contributed by atoms with Gasteiger partial charge in [-0.1, -0.05) is 0 Å². The molecule has 0 aliphatic carbocycles. The average molecular weight is 323 g/mol. The van der Waals surface area contributed by atoms with Crippen LogP contribution in [0.4, 0.5) is 9.59 Å². The molecule has 0 aliphatic heterocycles. The molecular formula is C11H21N3O8. The van der Waals surface area contributed by atoms with Crippen molar-refractivity contribution in [3.63, 3.8) is 0 Å². The molecule has 2 amide bonds. The largest absolute Gasteiger partial charge is 0.465 e. The molecule has 128 valence electrons. The van der Waals surface area contributed by atoms with E-state index in [0.717, 1.165) is 0 Å². The van der Waals surface area contributed by atoms with Crippen LogP contribution in [-0.4, -0.2) is 70.7 Å². The summed E-state index contributed by atoms with van der Waals surface area (Å²) in [5.74, 6) is -0.801. The Bertz CT molecular complexity index is 363. The van der Waals surface area contributed by atoms with Crippen LogP contribution in [0.1, 0.15) is 19.3 Å². The van der Waals surface area contributed by atoms with E-state index in [1.54, 1.807) is 0 Å². The maximum Gasteiger partial charge on any atom is 0.405 e. The molecular weight excluding hydrogens is 302 g/mol. The first kappa shape index (κ1) is 19.9. The molecule has 0 aliphatic rings. The molecule has 0 saturated heterocycles. The molecule has 0 spiro atoms. The first-order valence-corrected chi connectivity index (χ1v) is 6.55. The summed E-state index contributed by atoms with van der Waals surface area (Å²) < 4.78 is 4.76. The van der Waals surface area contributed by atoms with Crippen molar-refractivity contribution in [2.75, 3.05) is 19.7 Å². The number of hydrogen-bond donors (Lipinski definition) is 7. The second-order valence-electron chi connectivity index (χ2n) is 4.23. The van der Waals surface area contributed by atoms with E-state index in [2.05, 4.69) is 5.32 Å². The molecule has 1 unspecified atom stereocenters. The maximum absolute atomic E-state index is 11.7. The maximum atomic E-state index is 11.7. The third kappa shape index (κ3) is 11.7. The van der Waals surface area contributed by atoms with Gasteiger partial charge in [0.15, 0.2) is 0 Å². The Kier molecular flexibility index (Phi) is 10.4. The van der Waals surface area contributed by atoms with Crippen molar-refractivity contribution >= 4 is 18.2 Å². The smallest absolute Gasteiger partial charge is 0.405 e. The summed E-state index contributed by atoms with van der Waals surface area (Å²) in [4.78, 5) is 32.5. The van der Waals surface area contributed by atoms with Gasteiger partial charge in [-0.2, -0.15) is 0 Å². The van der Waals surface area contributed by atoms with E-state index in [4.69, 9.17) is 25.2 Å². The van der Waals surface area contributed by atoms with Crippen molar-refractivity contribution in [2.45, 2.75) is 31.7 Å². The highest BCUT2D eigenvalue weighted by Gasteiger charge is 2.21. The highest BCUT2D eigenvalue weighted by Crippen LogP contribution is 2.03. The van der Waals surface area contributed by atoms with Gasteiger partial charge in [-0.3, -0.25) is 5.32 Å². The average Bonchev–Trinajstić information content (AvgIpc) is 2.40. The minimum Gasteiger partial charge on any atom is -0.465 e. The summed E-state index contributed by atoms with van der Waals surface area (Å²) in [7, 11) is 0. The van der Waals surface area contributed by atoms with Crippen LogP contribution in [0.3, 0.4) is 0 Å². The number of aliphatic hydroxyl groups excluding tert-OH is 1. The van der Waals surface area contributed by atoms with Gasteiger partial charge in [-0.15, -0.1) is 0 Å². The fraction of sp³-hybridized carbons (Fsp3) is 0.727. The van der Waals surface area contributed by atoms with Crippen molar-refractivity contribution in [2.24, 2.45) is 0 Å². The summed E-state index contributed by atoms with van der Waals surface area (Å²) in [6.45, 7) is -0.0184. The van der Waals surface area contributed by atoms with Gasteiger partial charge in [0.2, 0.25) is 6.41 Å². The Balaban J connectivity index is 4.06. The van der Waals surface area contributed by atoms with Crippen LogP contribution in [0.15, 0.2) is 0 Å². The van der Waals surface area contributed by atoms with Crippen molar-refractivity contribution < 1.29 is 39.5 Å². The molecule has 22 heavy (non-hydrogen) atoms. The zero-order valence-electron chi connectivity index (χ0n) is 11.8. The number of carboxylic acid groups (broad SMARTS) is 2. The lowest BCUT2D eigenvalue weighted by Crippen LogP contribution is -2.42. The van der Waals surface area contributed by atoms with Gasteiger partial charge >= 0.3 is 18.2 Å². The monoisotopic (exact) mass is 323 g/mol. The number of rotatable bonds is 11. The second kappa shape index (κ2) is 11.5. The Hall–Kier alpha value is -2.11. The Labute approximate surface area is 126 Å². The predicted molar refractivity (Wildman–Crippen MR) is 72.0 cm³/mol. The number of carbonyl (C=O) groups is 3. The zero-order valence-corrected chi connectivity index (χ0v) is 11.8. The lowest BCUT2D eigenvalue weighted by molar-refractivity contribution is -0.146. The number of unbranched alkanes of at least 4 members (excludes halogenated alkanes) is 1. The molecule has 11 heteroatoms. The quantitative estimate of drug-likeness (QED) is 0.135. The van der Waals surface area contributed by atoms with Crippen molar-refractivity contribution in [1.29, 1.82) is 0 Å². The number of esters is 1. The van der Waals surface area contributed by atoms with Gasteiger partial charge in [0.1, 0.15) is 12.6 Å². The van der Waals surface area contributed by atoms with E-state index in [9.17, 15) is 14.4 Å². The summed E-state index contributed by atoms with van der Waals surface area (Å²) in [5, 5.41) is 40.5.